The fraction of sp³-hybridized carbons (Fsp3) is 0.278. The Morgan fingerprint density at radius 1 is 1.08 bits per heavy atom. The van der Waals surface area contributed by atoms with Crippen LogP contribution in [-0.2, 0) is 4.79 Å². The third-order valence-corrected chi connectivity index (χ3v) is 3.15. The summed E-state index contributed by atoms with van der Waals surface area (Å²) in [6.45, 7) is 4.24. The zero-order chi connectivity index (χ0) is 18.2. The molecular weight excluding hydrogens is 324 g/mol. The van der Waals surface area contributed by atoms with Gasteiger partial charge < -0.3 is 14.8 Å². The molecular formula is C18H20N2O5. The minimum absolute atomic E-state index is 0.0481. The second-order valence-electron chi connectivity index (χ2n) is 5.76. The molecule has 0 unspecified atom stereocenters. The number of para-hydroxylation sites is 4. The number of ether oxygens (including phenoxy) is 2. The van der Waals surface area contributed by atoms with Crippen molar-refractivity contribution in [2.75, 3.05) is 18.5 Å². The lowest BCUT2D eigenvalue weighted by Gasteiger charge is -2.14. The molecule has 0 spiro atoms. The van der Waals surface area contributed by atoms with Gasteiger partial charge in [0.25, 0.3) is 5.91 Å². The molecule has 0 aliphatic rings. The Morgan fingerprint density at radius 2 is 1.72 bits per heavy atom. The molecule has 7 nitrogen and oxygen atoms in total. The van der Waals surface area contributed by atoms with E-state index in [1.54, 1.807) is 24.3 Å². The van der Waals surface area contributed by atoms with Crippen LogP contribution in [-0.4, -0.2) is 24.0 Å². The maximum absolute atomic E-state index is 12.1. The van der Waals surface area contributed by atoms with Crippen LogP contribution in [0.25, 0.3) is 0 Å². The normalized spacial score (nSPS) is 10.4. The highest BCUT2D eigenvalue weighted by molar-refractivity contribution is 5.93. The summed E-state index contributed by atoms with van der Waals surface area (Å²) in [6, 6.07) is 13.0. The predicted molar refractivity (Wildman–Crippen MR) is 94.0 cm³/mol. The van der Waals surface area contributed by atoms with Crippen LogP contribution in [0.3, 0.4) is 0 Å². The van der Waals surface area contributed by atoms with Crippen molar-refractivity contribution in [3.8, 4) is 11.5 Å². The van der Waals surface area contributed by atoms with Crippen molar-refractivity contribution >= 4 is 17.3 Å². The Morgan fingerprint density at radius 3 is 2.40 bits per heavy atom. The molecule has 7 heteroatoms. The van der Waals surface area contributed by atoms with Crippen LogP contribution in [0.1, 0.15) is 13.8 Å². The average Bonchev–Trinajstić information content (AvgIpc) is 2.59. The lowest BCUT2D eigenvalue weighted by molar-refractivity contribution is -0.385. The second-order valence-corrected chi connectivity index (χ2v) is 5.76. The van der Waals surface area contributed by atoms with Gasteiger partial charge in [-0.1, -0.05) is 38.1 Å². The summed E-state index contributed by atoms with van der Waals surface area (Å²) in [5.41, 5.74) is 0.343. The Bertz CT molecular complexity index is 746. The minimum atomic E-state index is -0.553. The summed E-state index contributed by atoms with van der Waals surface area (Å²) in [6.07, 6.45) is 0. The van der Waals surface area contributed by atoms with Crippen LogP contribution >= 0.6 is 0 Å². The molecule has 0 aromatic heterocycles. The van der Waals surface area contributed by atoms with E-state index >= 15 is 0 Å². The van der Waals surface area contributed by atoms with Gasteiger partial charge >= 0.3 is 5.69 Å². The molecule has 1 N–H and O–H groups in total. The summed E-state index contributed by atoms with van der Waals surface area (Å²) >= 11 is 0. The van der Waals surface area contributed by atoms with Crippen LogP contribution in [0, 0.1) is 16.0 Å². The van der Waals surface area contributed by atoms with Crippen LogP contribution in [0.15, 0.2) is 48.5 Å². The molecule has 0 aliphatic carbocycles. The molecule has 2 aromatic rings. The molecule has 132 valence electrons. The number of nitrogens with zero attached hydrogens (tertiary/aromatic N) is 1. The highest BCUT2D eigenvalue weighted by Crippen LogP contribution is 2.26. The van der Waals surface area contributed by atoms with Gasteiger partial charge in [0.1, 0.15) is 5.75 Å². The minimum Gasteiger partial charge on any atom is -0.491 e. The number of carbonyl (C=O) groups is 1. The summed E-state index contributed by atoms with van der Waals surface area (Å²) in [7, 11) is 0. The largest absolute Gasteiger partial charge is 0.491 e. The van der Waals surface area contributed by atoms with E-state index in [2.05, 4.69) is 5.32 Å². The number of carbonyl (C=O) groups excluding carboxylic acids is 1. The molecule has 0 fully saturated rings. The molecule has 0 saturated heterocycles. The summed E-state index contributed by atoms with van der Waals surface area (Å²) < 4.78 is 10.9. The standard InChI is InChI=1S/C18H20N2O5/c1-13(2)11-24-16-9-5-3-7-14(16)19-18(21)12-25-17-10-6-4-8-15(17)20(22)23/h3-10,13H,11-12H2,1-2H3,(H,19,21). The van der Waals surface area contributed by atoms with Crippen molar-refractivity contribution in [3.05, 3.63) is 58.6 Å². The van der Waals surface area contributed by atoms with E-state index in [-0.39, 0.29) is 18.0 Å². The number of hydrogen-bond donors (Lipinski definition) is 1. The zero-order valence-electron chi connectivity index (χ0n) is 14.1. The van der Waals surface area contributed by atoms with Gasteiger partial charge in [0, 0.05) is 6.07 Å². The summed E-state index contributed by atoms with van der Waals surface area (Å²) in [5, 5.41) is 13.6. The average molecular weight is 344 g/mol. The van der Waals surface area contributed by atoms with Crippen molar-refractivity contribution in [1.82, 2.24) is 0 Å². The molecule has 2 rings (SSSR count). The molecule has 0 bridgehead atoms. The first-order valence-electron chi connectivity index (χ1n) is 7.85. The zero-order valence-corrected chi connectivity index (χ0v) is 14.1. The molecule has 0 aliphatic heterocycles. The Balaban J connectivity index is 1.98. The first-order valence-corrected chi connectivity index (χ1v) is 7.85. The van der Waals surface area contributed by atoms with Gasteiger partial charge in [-0.05, 0) is 24.1 Å². The van der Waals surface area contributed by atoms with Gasteiger partial charge in [0.2, 0.25) is 0 Å². The number of amides is 1. The number of nitro groups is 1. The lowest BCUT2D eigenvalue weighted by Crippen LogP contribution is -2.21. The fourth-order valence-corrected chi connectivity index (χ4v) is 2.01. The molecule has 2 aromatic carbocycles. The van der Waals surface area contributed by atoms with Gasteiger partial charge in [-0.2, -0.15) is 0 Å². The molecule has 0 heterocycles. The van der Waals surface area contributed by atoms with Crippen molar-refractivity contribution < 1.29 is 19.2 Å². The van der Waals surface area contributed by atoms with Crippen molar-refractivity contribution in [3.63, 3.8) is 0 Å². The van der Waals surface area contributed by atoms with E-state index in [0.717, 1.165) is 0 Å². The van der Waals surface area contributed by atoms with E-state index in [1.807, 2.05) is 19.9 Å². The Hall–Kier alpha value is -3.09. The predicted octanol–water partition coefficient (Wildman–Crippen LogP) is 3.65. The topological polar surface area (TPSA) is 90.7 Å². The number of benzene rings is 2. The molecule has 0 atom stereocenters. The number of rotatable bonds is 8. The smallest absolute Gasteiger partial charge is 0.310 e. The number of anilines is 1. The highest BCUT2D eigenvalue weighted by atomic mass is 16.6. The Labute approximate surface area is 145 Å². The monoisotopic (exact) mass is 344 g/mol. The maximum Gasteiger partial charge on any atom is 0.310 e. The number of nitro benzene ring substituents is 1. The lowest BCUT2D eigenvalue weighted by atomic mass is 10.2. The Kier molecular flexibility index (Phi) is 6.33. The van der Waals surface area contributed by atoms with Gasteiger partial charge in [-0.25, -0.2) is 0 Å². The van der Waals surface area contributed by atoms with E-state index < -0.39 is 10.8 Å². The SMILES string of the molecule is CC(C)COc1ccccc1NC(=O)COc1ccccc1[N+](=O)[O-]. The van der Waals surface area contributed by atoms with Crippen LogP contribution in [0.2, 0.25) is 0 Å². The molecule has 0 saturated carbocycles. The van der Waals surface area contributed by atoms with Gasteiger partial charge in [-0.3, -0.25) is 14.9 Å². The first-order chi connectivity index (χ1) is 12.0. The van der Waals surface area contributed by atoms with E-state index in [4.69, 9.17) is 9.47 Å². The number of nitrogens with one attached hydrogen (secondary N) is 1. The number of hydrogen-bond acceptors (Lipinski definition) is 5. The van der Waals surface area contributed by atoms with Crippen LogP contribution in [0.5, 0.6) is 11.5 Å². The maximum atomic E-state index is 12.1. The summed E-state index contributed by atoms with van der Waals surface area (Å²) in [5.74, 6) is 0.534. The van der Waals surface area contributed by atoms with E-state index in [0.29, 0.717) is 24.0 Å². The van der Waals surface area contributed by atoms with E-state index in [9.17, 15) is 14.9 Å². The highest BCUT2D eigenvalue weighted by Gasteiger charge is 2.15. The van der Waals surface area contributed by atoms with Crippen LogP contribution in [0.4, 0.5) is 11.4 Å². The third kappa shape index (κ3) is 5.49. The van der Waals surface area contributed by atoms with Crippen LogP contribution < -0.4 is 14.8 Å². The van der Waals surface area contributed by atoms with Gasteiger partial charge in [0.15, 0.2) is 12.4 Å². The quantitative estimate of drug-likeness (QED) is 0.583. The van der Waals surface area contributed by atoms with Gasteiger partial charge in [0.05, 0.1) is 17.2 Å². The van der Waals surface area contributed by atoms with Crippen molar-refractivity contribution in [2.24, 2.45) is 5.92 Å². The van der Waals surface area contributed by atoms with Crippen molar-refractivity contribution in [2.45, 2.75) is 13.8 Å². The summed E-state index contributed by atoms with van der Waals surface area (Å²) in [4.78, 5) is 22.5. The first kappa shape index (κ1) is 18.3. The van der Waals surface area contributed by atoms with Crippen molar-refractivity contribution in [1.29, 1.82) is 0 Å². The van der Waals surface area contributed by atoms with Gasteiger partial charge in [-0.15, -0.1) is 0 Å². The molecule has 25 heavy (non-hydrogen) atoms. The fourth-order valence-electron chi connectivity index (χ4n) is 2.01. The molecule has 1 amide bonds. The third-order valence-electron chi connectivity index (χ3n) is 3.15. The molecule has 0 radical (unpaired) electrons. The second kappa shape index (κ2) is 8.68. The van der Waals surface area contributed by atoms with E-state index in [1.165, 1.54) is 18.2 Å².